The summed E-state index contributed by atoms with van der Waals surface area (Å²) in [6, 6.07) is 5.97. The molecule has 1 aromatic carbocycles. The van der Waals surface area contributed by atoms with Gasteiger partial charge in [-0.1, -0.05) is 35.7 Å². The molecule has 0 saturated carbocycles. The van der Waals surface area contributed by atoms with Crippen molar-refractivity contribution in [2.75, 3.05) is 0 Å². The zero-order valence-corrected chi connectivity index (χ0v) is 12.8. The molecule has 1 atom stereocenters. The van der Waals surface area contributed by atoms with E-state index in [1.54, 1.807) is 0 Å². The van der Waals surface area contributed by atoms with Gasteiger partial charge in [0.15, 0.2) is 0 Å². The molecular weight excluding hydrogens is 291 g/mol. The number of nitrogens with two attached hydrogens (primary N) is 1. The van der Waals surface area contributed by atoms with Crippen LogP contribution in [0.25, 0.3) is 0 Å². The first-order chi connectivity index (χ1) is 9.63. The maximum absolute atomic E-state index is 6.25. The van der Waals surface area contributed by atoms with Gasteiger partial charge in [0.05, 0.1) is 10.0 Å². The largest absolute Gasteiger partial charge is 0.349 e. The van der Waals surface area contributed by atoms with Crippen molar-refractivity contribution in [2.45, 2.75) is 38.3 Å². The Balaban J connectivity index is 1.84. The lowest BCUT2D eigenvalue weighted by Gasteiger charge is -2.08. The third-order valence-electron chi connectivity index (χ3n) is 3.96. The van der Waals surface area contributed by atoms with E-state index in [4.69, 9.17) is 28.9 Å². The van der Waals surface area contributed by atoms with Crippen LogP contribution in [0.1, 0.15) is 42.0 Å². The molecule has 1 unspecified atom stereocenters. The van der Waals surface area contributed by atoms with Crippen LogP contribution in [-0.2, 0) is 13.0 Å². The van der Waals surface area contributed by atoms with Gasteiger partial charge in [-0.3, -0.25) is 0 Å². The second-order valence-electron chi connectivity index (χ2n) is 5.51. The van der Waals surface area contributed by atoms with E-state index in [9.17, 15) is 0 Å². The Morgan fingerprint density at radius 1 is 1.15 bits per heavy atom. The lowest BCUT2D eigenvalue weighted by atomic mass is 10.1. The maximum Gasteiger partial charge on any atom is 0.0595 e. The molecule has 0 amide bonds. The van der Waals surface area contributed by atoms with Crippen molar-refractivity contribution in [3.05, 3.63) is 57.3 Å². The standard InChI is InChI=1S/C16H18Cl2N2/c17-14-6-5-11(7-15(14)18)8-20-9-12-3-1-2-4-16(19)13(12)10-20/h5-7,9-10,16H,1-4,8,19H2. The van der Waals surface area contributed by atoms with Crippen LogP contribution in [-0.4, -0.2) is 4.57 Å². The lowest BCUT2D eigenvalue weighted by molar-refractivity contribution is 0.610. The van der Waals surface area contributed by atoms with Crippen molar-refractivity contribution < 1.29 is 0 Å². The van der Waals surface area contributed by atoms with Crippen LogP contribution in [0.5, 0.6) is 0 Å². The fourth-order valence-electron chi connectivity index (χ4n) is 2.89. The molecule has 0 spiro atoms. The number of halogens is 2. The van der Waals surface area contributed by atoms with Gasteiger partial charge in [-0.15, -0.1) is 0 Å². The van der Waals surface area contributed by atoms with Crippen molar-refractivity contribution in [2.24, 2.45) is 5.73 Å². The zero-order chi connectivity index (χ0) is 14.1. The first-order valence-electron chi connectivity index (χ1n) is 7.01. The van der Waals surface area contributed by atoms with Crippen LogP contribution in [0.2, 0.25) is 10.0 Å². The van der Waals surface area contributed by atoms with Crippen molar-refractivity contribution in [1.82, 2.24) is 4.57 Å². The highest BCUT2D eigenvalue weighted by atomic mass is 35.5. The quantitative estimate of drug-likeness (QED) is 0.809. The topological polar surface area (TPSA) is 30.9 Å². The van der Waals surface area contributed by atoms with Gasteiger partial charge in [0.1, 0.15) is 0 Å². The highest BCUT2D eigenvalue weighted by Crippen LogP contribution is 2.28. The van der Waals surface area contributed by atoms with Crippen molar-refractivity contribution in [3.8, 4) is 0 Å². The predicted molar refractivity (Wildman–Crippen MR) is 84.5 cm³/mol. The van der Waals surface area contributed by atoms with E-state index < -0.39 is 0 Å². The summed E-state index contributed by atoms with van der Waals surface area (Å²) < 4.78 is 2.20. The van der Waals surface area contributed by atoms with Crippen LogP contribution in [0, 0.1) is 0 Å². The van der Waals surface area contributed by atoms with Gasteiger partial charge in [-0.2, -0.15) is 0 Å². The summed E-state index contributed by atoms with van der Waals surface area (Å²) >= 11 is 12.0. The molecule has 2 nitrogen and oxygen atoms in total. The molecule has 1 heterocycles. The highest BCUT2D eigenvalue weighted by molar-refractivity contribution is 6.42. The SMILES string of the molecule is NC1CCCCc2cn(Cc3ccc(Cl)c(Cl)c3)cc21. The molecule has 1 aliphatic rings. The molecule has 20 heavy (non-hydrogen) atoms. The number of aromatic nitrogens is 1. The van der Waals surface area contributed by atoms with E-state index in [0.29, 0.717) is 10.0 Å². The van der Waals surface area contributed by atoms with Crippen molar-refractivity contribution in [1.29, 1.82) is 0 Å². The summed E-state index contributed by atoms with van der Waals surface area (Å²) in [6.45, 7) is 0.802. The summed E-state index contributed by atoms with van der Waals surface area (Å²) in [5.74, 6) is 0. The van der Waals surface area contributed by atoms with E-state index in [1.807, 2.05) is 18.2 Å². The van der Waals surface area contributed by atoms with Crippen LogP contribution < -0.4 is 5.73 Å². The van der Waals surface area contributed by atoms with Gasteiger partial charge in [0.2, 0.25) is 0 Å². The summed E-state index contributed by atoms with van der Waals surface area (Å²) in [4.78, 5) is 0. The second kappa shape index (κ2) is 5.80. The Kier molecular flexibility index (Phi) is 4.06. The van der Waals surface area contributed by atoms with Gasteiger partial charge in [-0.05, 0) is 48.1 Å². The van der Waals surface area contributed by atoms with Gasteiger partial charge >= 0.3 is 0 Å². The van der Waals surface area contributed by atoms with Gasteiger partial charge in [-0.25, -0.2) is 0 Å². The first-order valence-corrected chi connectivity index (χ1v) is 7.77. The van der Waals surface area contributed by atoms with E-state index in [1.165, 1.54) is 24.0 Å². The first kappa shape index (κ1) is 14.0. The summed E-state index contributed by atoms with van der Waals surface area (Å²) in [6.07, 6.45) is 9.10. The van der Waals surface area contributed by atoms with E-state index in [-0.39, 0.29) is 6.04 Å². The molecule has 1 aliphatic carbocycles. The third-order valence-corrected chi connectivity index (χ3v) is 4.70. The fourth-order valence-corrected chi connectivity index (χ4v) is 3.21. The van der Waals surface area contributed by atoms with Gasteiger partial charge in [0, 0.05) is 25.0 Å². The Morgan fingerprint density at radius 2 is 2.00 bits per heavy atom. The molecule has 2 aromatic rings. The average Bonchev–Trinajstić information content (AvgIpc) is 2.74. The number of rotatable bonds is 2. The minimum absolute atomic E-state index is 0.183. The van der Waals surface area contributed by atoms with Crippen LogP contribution >= 0.6 is 23.2 Å². The van der Waals surface area contributed by atoms with E-state index in [0.717, 1.165) is 24.9 Å². The molecule has 3 rings (SSSR count). The Labute approximate surface area is 129 Å². The fraction of sp³-hybridized carbons (Fsp3) is 0.375. The molecule has 4 heteroatoms. The Hall–Kier alpha value is -0.960. The minimum atomic E-state index is 0.183. The number of hydrogen-bond donors (Lipinski definition) is 1. The Morgan fingerprint density at radius 3 is 2.80 bits per heavy atom. The number of nitrogens with zero attached hydrogens (tertiary/aromatic N) is 1. The molecule has 0 radical (unpaired) electrons. The number of fused-ring (bicyclic) bond motifs is 1. The third kappa shape index (κ3) is 2.88. The molecule has 0 fully saturated rings. The zero-order valence-electron chi connectivity index (χ0n) is 11.3. The normalized spacial score (nSPS) is 18.6. The van der Waals surface area contributed by atoms with Crippen molar-refractivity contribution >= 4 is 23.2 Å². The van der Waals surface area contributed by atoms with Gasteiger partial charge < -0.3 is 10.3 Å². The van der Waals surface area contributed by atoms with Crippen LogP contribution in [0.15, 0.2) is 30.6 Å². The molecule has 0 bridgehead atoms. The highest BCUT2D eigenvalue weighted by Gasteiger charge is 2.17. The molecule has 2 N–H and O–H groups in total. The smallest absolute Gasteiger partial charge is 0.0595 e. The van der Waals surface area contributed by atoms with Crippen LogP contribution in [0.4, 0.5) is 0 Å². The second-order valence-corrected chi connectivity index (χ2v) is 6.33. The average molecular weight is 309 g/mol. The Bertz CT molecular complexity index is 619. The molecule has 106 valence electrons. The summed E-state index contributed by atoms with van der Waals surface area (Å²) in [5.41, 5.74) is 10.1. The predicted octanol–water partition coefficient (Wildman–Crippen LogP) is 4.57. The van der Waals surface area contributed by atoms with E-state index >= 15 is 0 Å². The lowest BCUT2D eigenvalue weighted by Crippen LogP contribution is -2.09. The van der Waals surface area contributed by atoms with E-state index in [2.05, 4.69) is 17.0 Å². The number of aryl methyl sites for hydroxylation is 1. The minimum Gasteiger partial charge on any atom is -0.349 e. The van der Waals surface area contributed by atoms with Crippen LogP contribution in [0.3, 0.4) is 0 Å². The van der Waals surface area contributed by atoms with Gasteiger partial charge in [0.25, 0.3) is 0 Å². The molecule has 0 aliphatic heterocycles. The monoisotopic (exact) mass is 308 g/mol. The summed E-state index contributed by atoms with van der Waals surface area (Å²) in [7, 11) is 0. The molecular formula is C16H18Cl2N2. The number of benzene rings is 1. The maximum atomic E-state index is 6.25. The summed E-state index contributed by atoms with van der Waals surface area (Å²) in [5, 5.41) is 1.20. The molecule has 1 aromatic heterocycles. The molecule has 0 saturated heterocycles. The number of hydrogen-bond acceptors (Lipinski definition) is 1. The van der Waals surface area contributed by atoms with Crippen molar-refractivity contribution in [3.63, 3.8) is 0 Å².